The second-order valence-corrected chi connectivity index (χ2v) is 9.64. The van der Waals surface area contributed by atoms with Crippen molar-refractivity contribution in [3.8, 4) is 5.88 Å². The van der Waals surface area contributed by atoms with Gasteiger partial charge in [0.15, 0.2) is 18.1 Å². The number of thiazole rings is 1. The third-order valence-electron chi connectivity index (χ3n) is 4.37. The quantitative estimate of drug-likeness (QED) is 0.287. The molecule has 180 valence electrons. The third kappa shape index (κ3) is 6.32. The first kappa shape index (κ1) is 25.2. The number of nitrogens with zero attached hydrogens (tertiary/aromatic N) is 5. The number of aromatic nitrogens is 3. The van der Waals surface area contributed by atoms with Crippen LogP contribution in [0.25, 0.3) is 0 Å². The van der Waals surface area contributed by atoms with E-state index in [1.54, 1.807) is 11.6 Å². The number of aliphatic hydroxyl groups excluding tert-OH is 1. The van der Waals surface area contributed by atoms with Crippen molar-refractivity contribution in [1.29, 1.82) is 0 Å². The predicted molar refractivity (Wildman–Crippen MR) is 124 cm³/mol. The number of carbonyl (C=O) groups excluding carboxylic acids is 1. The van der Waals surface area contributed by atoms with Gasteiger partial charge in [-0.05, 0) is 12.1 Å². The Labute approximate surface area is 200 Å². The Morgan fingerprint density at radius 2 is 1.97 bits per heavy atom. The number of nitrogens with one attached hydrogen (secondary N) is 1. The number of likely N-dealkylation sites (N-methyl/N-ethyl adjacent to an activating group) is 1. The summed E-state index contributed by atoms with van der Waals surface area (Å²) in [6, 6.07) is 5.56. The van der Waals surface area contributed by atoms with Gasteiger partial charge in [0.05, 0.1) is 31.0 Å². The highest BCUT2D eigenvalue weighted by Crippen LogP contribution is 2.17. The number of hydrogen-bond acceptors (Lipinski definition) is 11. The Bertz CT molecular complexity index is 1220. The Morgan fingerprint density at radius 3 is 2.56 bits per heavy atom. The van der Waals surface area contributed by atoms with Gasteiger partial charge in [-0.1, -0.05) is 17.3 Å². The molecule has 0 saturated carbocycles. The predicted octanol–water partition coefficient (Wildman–Crippen LogP) is 1.11. The van der Waals surface area contributed by atoms with Crippen molar-refractivity contribution >= 4 is 38.8 Å². The Hall–Kier alpha value is -3.46. The van der Waals surface area contributed by atoms with Gasteiger partial charge in [0.1, 0.15) is 5.01 Å². The number of oxime groups is 1. The number of rotatable bonds is 11. The molecule has 1 amide bonds. The van der Waals surface area contributed by atoms with Crippen molar-refractivity contribution in [2.24, 2.45) is 5.16 Å². The Morgan fingerprint density at radius 1 is 1.21 bits per heavy atom. The average Bonchev–Trinajstić information content (AvgIpc) is 3.36. The molecular formula is C20H22N6O6S2. The van der Waals surface area contributed by atoms with Crippen LogP contribution in [0.15, 0.2) is 58.3 Å². The van der Waals surface area contributed by atoms with Crippen LogP contribution in [0.3, 0.4) is 0 Å². The van der Waals surface area contributed by atoms with Gasteiger partial charge in [-0.2, -0.15) is 4.31 Å². The van der Waals surface area contributed by atoms with E-state index in [1.807, 2.05) is 0 Å². The summed E-state index contributed by atoms with van der Waals surface area (Å²) in [5, 5.41) is 18.0. The summed E-state index contributed by atoms with van der Waals surface area (Å²) in [6.45, 7) is -0.308. The van der Waals surface area contributed by atoms with Crippen LogP contribution in [-0.2, 0) is 26.3 Å². The summed E-state index contributed by atoms with van der Waals surface area (Å²) >= 11 is 1.37. The number of benzene rings is 1. The number of methoxy groups -OCH3 is 1. The zero-order chi connectivity index (χ0) is 24.6. The molecule has 0 aliphatic carbocycles. The average molecular weight is 507 g/mol. The van der Waals surface area contributed by atoms with Crippen LogP contribution >= 0.6 is 11.3 Å². The molecule has 34 heavy (non-hydrogen) atoms. The van der Waals surface area contributed by atoms with E-state index in [9.17, 15) is 13.2 Å². The van der Waals surface area contributed by atoms with Gasteiger partial charge < -0.3 is 20.0 Å². The molecule has 0 radical (unpaired) electrons. The lowest BCUT2D eigenvalue weighted by molar-refractivity contribution is -0.110. The number of amides is 1. The lowest BCUT2D eigenvalue weighted by Crippen LogP contribution is -2.29. The van der Waals surface area contributed by atoms with Crippen molar-refractivity contribution in [2.45, 2.75) is 11.5 Å². The van der Waals surface area contributed by atoms with E-state index >= 15 is 0 Å². The van der Waals surface area contributed by atoms with Gasteiger partial charge in [0.2, 0.25) is 15.9 Å². The first-order valence-corrected chi connectivity index (χ1v) is 12.1. The maximum atomic E-state index is 12.9. The fraction of sp³-hybridized carbons (Fsp3) is 0.250. The topological polar surface area (TPSA) is 156 Å². The molecule has 0 unspecified atom stereocenters. The summed E-state index contributed by atoms with van der Waals surface area (Å²) < 4.78 is 31.1. The molecule has 0 bridgehead atoms. The highest BCUT2D eigenvalue weighted by Gasteiger charge is 2.22. The second-order valence-electron chi connectivity index (χ2n) is 6.61. The smallest absolute Gasteiger partial charge is 0.279 e. The van der Waals surface area contributed by atoms with E-state index in [0.717, 1.165) is 4.31 Å². The molecule has 3 rings (SSSR count). The maximum Gasteiger partial charge on any atom is 0.279 e. The SMILES string of the molecule is COc1cnc(NC(=O)/C(=N/OCc2nccs2)c2ccc(S(=O)(=O)N(C)CCO)cc2)cn1. The number of hydrogen-bond donors (Lipinski definition) is 2. The summed E-state index contributed by atoms with van der Waals surface area (Å²) in [5.74, 6) is -0.212. The van der Waals surface area contributed by atoms with E-state index in [4.69, 9.17) is 14.7 Å². The minimum absolute atomic E-state index is 0.00307. The number of aliphatic hydroxyl groups is 1. The number of anilines is 1. The van der Waals surface area contributed by atoms with Gasteiger partial charge >= 0.3 is 0 Å². The number of ether oxygens (including phenoxy) is 1. The Kier molecular flexibility index (Phi) is 8.59. The van der Waals surface area contributed by atoms with Crippen LogP contribution in [-0.4, -0.2) is 71.7 Å². The van der Waals surface area contributed by atoms with Gasteiger partial charge in [0, 0.05) is 30.7 Å². The highest BCUT2D eigenvalue weighted by molar-refractivity contribution is 7.89. The summed E-state index contributed by atoms with van der Waals surface area (Å²) in [6.07, 6.45) is 4.28. The third-order valence-corrected chi connectivity index (χ3v) is 7.00. The maximum absolute atomic E-state index is 12.9. The van der Waals surface area contributed by atoms with Crippen LogP contribution in [0.1, 0.15) is 10.6 Å². The minimum Gasteiger partial charge on any atom is -0.480 e. The lowest BCUT2D eigenvalue weighted by Gasteiger charge is -2.16. The number of sulfonamides is 1. The van der Waals surface area contributed by atoms with Gasteiger partial charge in [-0.25, -0.2) is 23.4 Å². The summed E-state index contributed by atoms with van der Waals surface area (Å²) in [5.41, 5.74) is 0.198. The summed E-state index contributed by atoms with van der Waals surface area (Å²) in [4.78, 5) is 30.4. The van der Waals surface area contributed by atoms with Gasteiger partial charge in [-0.15, -0.1) is 11.3 Å². The molecule has 0 fully saturated rings. The van der Waals surface area contributed by atoms with Crippen LogP contribution in [0, 0.1) is 0 Å². The monoisotopic (exact) mass is 506 g/mol. The standard InChI is InChI=1S/C20H22N6O6S2/c1-26(8-9-27)34(29,30)15-5-3-14(4-6-15)19(25-32-13-18-21-7-10-33-18)20(28)24-16-11-23-17(31-2)12-22-16/h3-7,10-12,27H,8-9,13H2,1-2H3,(H,22,24,28)/b25-19+. The molecule has 1 aromatic carbocycles. The van der Waals surface area contributed by atoms with Gasteiger partial charge in [-0.3, -0.25) is 4.79 Å². The molecular weight excluding hydrogens is 484 g/mol. The molecule has 2 aromatic heterocycles. The molecule has 2 heterocycles. The van der Waals surface area contributed by atoms with Crippen LogP contribution < -0.4 is 10.1 Å². The first-order valence-electron chi connectivity index (χ1n) is 9.78. The molecule has 0 aliphatic rings. The normalized spacial score (nSPS) is 11.9. The van der Waals surface area contributed by atoms with Crippen LogP contribution in [0.2, 0.25) is 0 Å². The van der Waals surface area contributed by atoms with E-state index in [-0.39, 0.29) is 42.1 Å². The lowest BCUT2D eigenvalue weighted by atomic mass is 10.1. The molecule has 3 aromatic rings. The van der Waals surface area contributed by atoms with Crippen molar-refractivity contribution < 1.29 is 27.9 Å². The number of carbonyl (C=O) groups is 1. The van der Waals surface area contributed by atoms with E-state index < -0.39 is 15.9 Å². The molecule has 0 atom stereocenters. The van der Waals surface area contributed by atoms with E-state index in [1.165, 1.54) is 62.2 Å². The first-order chi connectivity index (χ1) is 16.3. The van der Waals surface area contributed by atoms with Crippen molar-refractivity contribution in [1.82, 2.24) is 19.3 Å². The summed E-state index contributed by atoms with van der Waals surface area (Å²) in [7, 11) is -0.995. The molecule has 0 saturated heterocycles. The van der Waals surface area contributed by atoms with Crippen molar-refractivity contribution in [3.05, 3.63) is 58.8 Å². The molecule has 0 aliphatic heterocycles. The fourth-order valence-corrected chi connectivity index (χ4v) is 4.27. The van der Waals surface area contributed by atoms with Crippen molar-refractivity contribution in [3.63, 3.8) is 0 Å². The zero-order valence-corrected chi connectivity index (χ0v) is 19.9. The second kappa shape index (κ2) is 11.6. The van der Waals surface area contributed by atoms with Crippen molar-refractivity contribution in [2.75, 3.05) is 32.6 Å². The molecule has 14 heteroatoms. The van der Waals surface area contributed by atoms with E-state index in [0.29, 0.717) is 10.6 Å². The fourth-order valence-electron chi connectivity index (χ4n) is 2.59. The van der Waals surface area contributed by atoms with E-state index in [2.05, 4.69) is 25.4 Å². The zero-order valence-electron chi connectivity index (χ0n) is 18.3. The van der Waals surface area contributed by atoms with Gasteiger partial charge in [0.25, 0.3) is 5.91 Å². The van der Waals surface area contributed by atoms with Crippen LogP contribution in [0.4, 0.5) is 5.82 Å². The largest absolute Gasteiger partial charge is 0.480 e. The Balaban J connectivity index is 1.85. The molecule has 12 nitrogen and oxygen atoms in total. The molecule has 2 N–H and O–H groups in total. The highest BCUT2D eigenvalue weighted by atomic mass is 32.2. The minimum atomic E-state index is -3.80. The van der Waals surface area contributed by atoms with Crippen LogP contribution in [0.5, 0.6) is 5.88 Å². The molecule has 0 spiro atoms.